The van der Waals surface area contributed by atoms with Crippen LogP contribution in [0, 0.1) is 0 Å². The van der Waals surface area contributed by atoms with Gasteiger partial charge in [0.1, 0.15) is 12.3 Å². The number of nitrogens with zero attached hydrogens (tertiary/aromatic N) is 2. The predicted molar refractivity (Wildman–Crippen MR) is 57.7 cm³/mol. The van der Waals surface area contributed by atoms with E-state index in [1.165, 1.54) is 4.90 Å². The number of carboxylic acids is 1. The van der Waals surface area contributed by atoms with Crippen LogP contribution in [0.25, 0.3) is 0 Å². The van der Waals surface area contributed by atoms with Crippen molar-refractivity contribution >= 4 is 11.9 Å². The maximum absolute atomic E-state index is 11.9. The average molecular weight is 238 g/mol. The third-order valence-corrected chi connectivity index (χ3v) is 2.72. The molecule has 1 aromatic heterocycles. The molecule has 1 aliphatic carbocycles. The minimum atomic E-state index is -1.04. The lowest BCUT2D eigenvalue weighted by atomic mass is 10.2. The van der Waals surface area contributed by atoms with Crippen LogP contribution >= 0.6 is 0 Å². The number of carboxylic acid groups (broad SMARTS) is 1. The molecule has 1 fully saturated rings. The van der Waals surface area contributed by atoms with Crippen LogP contribution in [-0.2, 0) is 4.79 Å². The second kappa shape index (κ2) is 4.57. The van der Waals surface area contributed by atoms with Gasteiger partial charge in [-0.3, -0.25) is 9.59 Å². The summed E-state index contributed by atoms with van der Waals surface area (Å²) in [5, 5.41) is 12.4. The fourth-order valence-corrected chi connectivity index (χ4v) is 1.60. The standard InChI is InChI=1S/C11H14N2O4/c1-2-13(6-10(14)15)11(16)8-5-9(17-12-8)7-3-4-7/h5,7H,2-4,6H2,1H3,(H,14,15). The first-order valence-electron chi connectivity index (χ1n) is 5.59. The Hall–Kier alpha value is -1.85. The summed E-state index contributed by atoms with van der Waals surface area (Å²) < 4.78 is 5.06. The number of carbonyl (C=O) groups is 2. The summed E-state index contributed by atoms with van der Waals surface area (Å²) in [6.45, 7) is 1.74. The second-order valence-corrected chi connectivity index (χ2v) is 4.10. The molecule has 0 bridgehead atoms. The van der Waals surface area contributed by atoms with Crippen LogP contribution in [0.2, 0.25) is 0 Å². The lowest BCUT2D eigenvalue weighted by Crippen LogP contribution is -2.35. The number of amides is 1. The summed E-state index contributed by atoms with van der Waals surface area (Å²) in [5.41, 5.74) is 0.190. The Labute approximate surface area is 98.2 Å². The Morgan fingerprint density at radius 1 is 1.59 bits per heavy atom. The lowest BCUT2D eigenvalue weighted by Gasteiger charge is -2.16. The van der Waals surface area contributed by atoms with E-state index >= 15 is 0 Å². The number of rotatable bonds is 5. The molecule has 0 saturated heterocycles. The van der Waals surface area contributed by atoms with Crippen molar-refractivity contribution in [2.75, 3.05) is 13.1 Å². The van der Waals surface area contributed by atoms with Gasteiger partial charge in [0, 0.05) is 18.5 Å². The van der Waals surface area contributed by atoms with Gasteiger partial charge in [0.25, 0.3) is 5.91 Å². The van der Waals surface area contributed by atoms with Gasteiger partial charge in [-0.25, -0.2) is 0 Å². The van der Waals surface area contributed by atoms with Crippen LogP contribution in [-0.4, -0.2) is 40.1 Å². The van der Waals surface area contributed by atoms with Gasteiger partial charge < -0.3 is 14.5 Å². The molecule has 1 saturated carbocycles. The maximum Gasteiger partial charge on any atom is 0.323 e. The summed E-state index contributed by atoms with van der Waals surface area (Å²) >= 11 is 0. The summed E-state index contributed by atoms with van der Waals surface area (Å²) in [6, 6.07) is 1.62. The van der Waals surface area contributed by atoms with E-state index in [4.69, 9.17) is 9.63 Å². The molecule has 1 heterocycles. The highest BCUT2D eigenvalue weighted by Crippen LogP contribution is 2.40. The topological polar surface area (TPSA) is 83.6 Å². The summed E-state index contributed by atoms with van der Waals surface area (Å²) in [5.74, 6) is -0.324. The van der Waals surface area contributed by atoms with Crippen LogP contribution < -0.4 is 0 Å². The molecule has 0 atom stereocenters. The summed E-state index contributed by atoms with van der Waals surface area (Å²) in [6.07, 6.45) is 2.13. The zero-order valence-corrected chi connectivity index (χ0v) is 9.55. The average Bonchev–Trinajstić information content (AvgIpc) is 3.03. The minimum absolute atomic E-state index is 0.190. The van der Waals surface area contributed by atoms with Crippen molar-refractivity contribution in [2.45, 2.75) is 25.7 Å². The molecular formula is C11H14N2O4. The maximum atomic E-state index is 11.9. The Morgan fingerprint density at radius 2 is 2.29 bits per heavy atom. The van der Waals surface area contributed by atoms with E-state index in [2.05, 4.69) is 5.16 Å². The first-order valence-corrected chi connectivity index (χ1v) is 5.59. The highest BCUT2D eigenvalue weighted by atomic mass is 16.5. The zero-order chi connectivity index (χ0) is 12.4. The van der Waals surface area contributed by atoms with E-state index in [9.17, 15) is 9.59 Å². The Balaban J connectivity index is 2.07. The van der Waals surface area contributed by atoms with E-state index in [0.29, 0.717) is 12.5 Å². The molecule has 0 spiro atoms. The molecule has 17 heavy (non-hydrogen) atoms. The quantitative estimate of drug-likeness (QED) is 0.830. The molecule has 0 aliphatic heterocycles. The fourth-order valence-electron chi connectivity index (χ4n) is 1.60. The number of hydrogen-bond donors (Lipinski definition) is 1. The smallest absolute Gasteiger partial charge is 0.323 e. The number of likely N-dealkylation sites (N-methyl/N-ethyl adjacent to an activating group) is 1. The second-order valence-electron chi connectivity index (χ2n) is 4.10. The lowest BCUT2D eigenvalue weighted by molar-refractivity contribution is -0.137. The van der Waals surface area contributed by atoms with Crippen molar-refractivity contribution in [3.8, 4) is 0 Å². The largest absolute Gasteiger partial charge is 0.480 e. The van der Waals surface area contributed by atoms with Crippen LogP contribution in [0.3, 0.4) is 0 Å². The van der Waals surface area contributed by atoms with Gasteiger partial charge in [-0.1, -0.05) is 5.16 Å². The van der Waals surface area contributed by atoms with E-state index < -0.39 is 11.9 Å². The molecule has 0 radical (unpaired) electrons. The normalized spacial score (nSPS) is 14.6. The minimum Gasteiger partial charge on any atom is -0.480 e. The molecule has 2 rings (SSSR count). The molecule has 6 nitrogen and oxygen atoms in total. The van der Waals surface area contributed by atoms with Gasteiger partial charge in [-0.15, -0.1) is 0 Å². The monoisotopic (exact) mass is 238 g/mol. The van der Waals surface area contributed by atoms with Gasteiger partial charge in [-0.05, 0) is 19.8 Å². The van der Waals surface area contributed by atoms with Crippen molar-refractivity contribution < 1.29 is 19.2 Å². The third-order valence-electron chi connectivity index (χ3n) is 2.72. The van der Waals surface area contributed by atoms with E-state index in [0.717, 1.165) is 18.6 Å². The molecule has 1 N–H and O–H groups in total. The molecular weight excluding hydrogens is 224 g/mol. The van der Waals surface area contributed by atoms with Crippen molar-refractivity contribution in [3.05, 3.63) is 17.5 Å². The van der Waals surface area contributed by atoms with Gasteiger partial charge in [-0.2, -0.15) is 0 Å². The van der Waals surface area contributed by atoms with E-state index in [1.807, 2.05) is 0 Å². The first kappa shape index (κ1) is 11.6. The van der Waals surface area contributed by atoms with Crippen LogP contribution in [0.5, 0.6) is 0 Å². The molecule has 1 aromatic rings. The zero-order valence-electron chi connectivity index (χ0n) is 9.55. The number of carbonyl (C=O) groups excluding carboxylic acids is 1. The van der Waals surface area contributed by atoms with Gasteiger partial charge >= 0.3 is 5.97 Å². The summed E-state index contributed by atoms with van der Waals surface area (Å²) in [4.78, 5) is 23.7. The molecule has 0 aromatic carbocycles. The highest BCUT2D eigenvalue weighted by Gasteiger charge is 2.29. The van der Waals surface area contributed by atoms with Gasteiger partial charge in [0.2, 0.25) is 0 Å². The Morgan fingerprint density at radius 3 is 2.82 bits per heavy atom. The molecule has 0 unspecified atom stereocenters. The predicted octanol–water partition coefficient (Wildman–Crippen LogP) is 1.10. The summed E-state index contributed by atoms with van der Waals surface area (Å²) in [7, 11) is 0. The van der Waals surface area contributed by atoms with Crippen molar-refractivity contribution in [3.63, 3.8) is 0 Å². The Bertz CT molecular complexity index is 436. The third kappa shape index (κ3) is 2.64. The van der Waals surface area contributed by atoms with E-state index in [-0.39, 0.29) is 12.2 Å². The molecule has 6 heteroatoms. The molecule has 92 valence electrons. The van der Waals surface area contributed by atoms with Crippen LogP contribution in [0.15, 0.2) is 10.6 Å². The van der Waals surface area contributed by atoms with Crippen molar-refractivity contribution in [1.82, 2.24) is 10.1 Å². The number of hydrogen-bond acceptors (Lipinski definition) is 4. The molecule has 1 aliphatic rings. The van der Waals surface area contributed by atoms with Gasteiger partial charge in [0.15, 0.2) is 5.69 Å². The van der Waals surface area contributed by atoms with Crippen molar-refractivity contribution in [1.29, 1.82) is 0 Å². The Kier molecular flexibility index (Phi) is 3.12. The van der Waals surface area contributed by atoms with Crippen molar-refractivity contribution in [2.24, 2.45) is 0 Å². The van der Waals surface area contributed by atoms with Crippen LogP contribution in [0.4, 0.5) is 0 Å². The number of aliphatic carboxylic acids is 1. The first-order chi connectivity index (χ1) is 8.11. The highest BCUT2D eigenvalue weighted by molar-refractivity contribution is 5.94. The van der Waals surface area contributed by atoms with Gasteiger partial charge in [0.05, 0.1) is 0 Å². The molecule has 1 amide bonds. The fraction of sp³-hybridized carbons (Fsp3) is 0.545. The number of aromatic nitrogens is 1. The van der Waals surface area contributed by atoms with E-state index in [1.54, 1.807) is 13.0 Å². The van der Waals surface area contributed by atoms with Crippen LogP contribution in [0.1, 0.15) is 41.9 Å². The SMILES string of the molecule is CCN(CC(=O)O)C(=O)c1cc(C2CC2)on1.